The fourth-order valence-electron chi connectivity index (χ4n) is 5.31. The number of hydrogen-bond donors (Lipinski definition) is 1. The summed E-state index contributed by atoms with van der Waals surface area (Å²) in [6, 6.07) is 20.9. The van der Waals surface area contributed by atoms with Crippen LogP contribution in [0.5, 0.6) is 0 Å². The van der Waals surface area contributed by atoms with Crippen LogP contribution in [0.1, 0.15) is 44.1 Å². The summed E-state index contributed by atoms with van der Waals surface area (Å²) in [6.07, 6.45) is 4.71. The molecule has 2 atom stereocenters. The van der Waals surface area contributed by atoms with Gasteiger partial charge in [0.2, 0.25) is 5.91 Å². The zero-order valence-electron chi connectivity index (χ0n) is 21.8. The second-order valence-electron chi connectivity index (χ2n) is 10.4. The SMILES string of the molecule is CN(C)C(=O)Cc1ccc2c(c1)N=C1NC(=O)c3cccc(c3)CC3N=C(C=CC3=O)c3cccc(c3)CC12. The van der Waals surface area contributed by atoms with Gasteiger partial charge in [-0.05, 0) is 70.7 Å². The van der Waals surface area contributed by atoms with E-state index in [0.29, 0.717) is 24.2 Å². The number of carbonyl (C=O) groups excluding carboxylic acids is 3. The predicted molar refractivity (Wildman–Crippen MR) is 151 cm³/mol. The lowest BCUT2D eigenvalue weighted by Crippen LogP contribution is -2.34. The van der Waals surface area contributed by atoms with Gasteiger partial charge in [0, 0.05) is 32.0 Å². The first-order chi connectivity index (χ1) is 18.8. The topological polar surface area (TPSA) is 91.2 Å². The third-order valence-corrected chi connectivity index (χ3v) is 7.45. The number of amides is 2. The lowest BCUT2D eigenvalue weighted by molar-refractivity contribution is -0.128. The number of nitrogens with zero attached hydrogens (tertiary/aromatic N) is 3. The highest BCUT2D eigenvalue weighted by atomic mass is 16.2. The molecule has 7 nitrogen and oxygen atoms in total. The highest BCUT2D eigenvalue weighted by Gasteiger charge is 2.30. The van der Waals surface area contributed by atoms with E-state index in [2.05, 4.69) is 17.4 Å². The van der Waals surface area contributed by atoms with Crippen LogP contribution < -0.4 is 5.32 Å². The van der Waals surface area contributed by atoms with E-state index in [1.807, 2.05) is 48.5 Å². The third-order valence-electron chi connectivity index (χ3n) is 7.45. The Labute approximate surface area is 227 Å². The monoisotopic (exact) mass is 516 g/mol. The average Bonchev–Trinajstić information content (AvgIpc) is 3.25. The molecule has 0 saturated heterocycles. The van der Waals surface area contributed by atoms with Gasteiger partial charge in [0.1, 0.15) is 11.9 Å². The van der Waals surface area contributed by atoms with Crippen molar-refractivity contribution in [1.82, 2.24) is 10.2 Å². The Bertz CT molecular complexity index is 1620. The molecule has 3 heterocycles. The molecule has 0 fully saturated rings. The maximum absolute atomic E-state index is 13.4. The summed E-state index contributed by atoms with van der Waals surface area (Å²) in [5.74, 6) is 0.149. The van der Waals surface area contributed by atoms with Crippen molar-refractivity contribution >= 4 is 34.8 Å². The summed E-state index contributed by atoms with van der Waals surface area (Å²) in [5.41, 5.74) is 6.82. The Balaban J connectivity index is 1.43. The van der Waals surface area contributed by atoms with Crippen molar-refractivity contribution in [2.45, 2.75) is 31.2 Å². The molecule has 0 aromatic heterocycles. The molecule has 6 rings (SSSR count). The first kappa shape index (κ1) is 24.7. The summed E-state index contributed by atoms with van der Waals surface area (Å²) >= 11 is 0. The molecular formula is C32H28N4O3. The molecule has 6 bridgehead atoms. The maximum atomic E-state index is 13.4. The van der Waals surface area contributed by atoms with Crippen molar-refractivity contribution in [3.63, 3.8) is 0 Å². The van der Waals surface area contributed by atoms with E-state index < -0.39 is 6.04 Å². The quantitative estimate of drug-likeness (QED) is 0.559. The van der Waals surface area contributed by atoms with E-state index in [4.69, 9.17) is 9.98 Å². The van der Waals surface area contributed by atoms with Crippen LogP contribution in [-0.2, 0) is 28.9 Å². The minimum Gasteiger partial charge on any atom is -0.349 e. The van der Waals surface area contributed by atoms with E-state index in [0.717, 1.165) is 39.2 Å². The summed E-state index contributed by atoms with van der Waals surface area (Å²) in [4.78, 5) is 49.6. The van der Waals surface area contributed by atoms with Crippen LogP contribution in [-0.4, -0.2) is 54.2 Å². The number of aliphatic imine (C=N–C) groups is 2. The number of nitrogens with one attached hydrogen (secondary N) is 1. The number of amidine groups is 1. The van der Waals surface area contributed by atoms with Gasteiger partial charge in [-0.25, -0.2) is 4.99 Å². The Hall–Kier alpha value is -4.65. The molecule has 2 unspecified atom stereocenters. The van der Waals surface area contributed by atoms with Gasteiger partial charge < -0.3 is 10.2 Å². The molecule has 3 aromatic carbocycles. The van der Waals surface area contributed by atoms with Crippen molar-refractivity contribution in [2.24, 2.45) is 9.98 Å². The van der Waals surface area contributed by atoms with Gasteiger partial charge in [0.05, 0.1) is 17.8 Å². The van der Waals surface area contributed by atoms with Crippen LogP contribution in [0, 0.1) is 0 Å². The van der Waals surface area contributed by atoms with Crippen molar-refractivity contribution in [3.05, 3.63) is 112 Å². The second kappa shape index (κ2) is 9.91. The van der Waals surface area contributed by atoms with E-state index in [1.165, 1.54) is 0 Å². The van der Waals surface area contributed by atoms with Gasteiger partial charge in [0.25, 0.3) is 5.91 Å². The lowest BCUT2D eigenvalue weighted by Gasteiger charge is -2.17. The number of rotatable bonds is 2. The van der Waals surface area contributed by atoms with Crippen molar-refractivity contribution in [3.8, 4) is 0 Å². The zero-order valence-corrected chi connectivity index (χ0v) is 21.8. The van der Waals surface area contributed by atoms with Gasteiger partial charge in [-0.15, -0.1) is 0 Å². The molecule has 1 N–H and O–H groups in total. The number of carbonyl (C=O) groups is 3. The average molecular weight is 517 g/mol. The van der Waals surface area contributed by atoms with Gasteiger partial charge >= 0.3 is 0 Å². The van der Waals surface area contributed by atoms with Crippen molar-refractivity contribution in [1.29, 1.82) is 0 Å². The zero-order chi connectivity index (χ0) is 27.1. The fraction of sp³-hybridized carbons (Fsp3) is 0.219. The summed E-state index contributed by atoms with van der Waals surface area (Å²) in [6.45, 7) is 0. The molecule has 0 radical (unpaired) electrons. The van der Waals surface area contributed by atoms with E-state index in [-0.39, 0.29) is 29.9 Å². The molecule has 39 heavy (non-hydrogen) atoms. The molecule has 194 valence electrons. The summed E-state index contributed by atoms with van der Waals surface area (Å²) in [5, 5.41) is 3.07. The number of benzene rings is 3. The van der Waals surface area contributed by atoms with Crippen molar-refractivity contribution < 1.29 is 14.4 Å². The Morgan fingerprint density at radius 3 is 2.46 bits per heavy atom. The van der Waals surface area contributed by atoms with E-state index >= 15 is 0 Å². The number of fused-ring (bicyclic) bond motifs is 9. The largest absolute Gasteiger partial charge is 0.349 e. The first-order valence-electron chi connectivity index (χ1n) is 13.0. The van der Waals surface area contributed by atoms with Gasteiger partial charge in [0.15, 0.2) is 5.78 Å². The second-order valence-corrected chi connectivity index (χ2v) is 10.4. The molecule has 0 spiro atoms. The lowest BCUT2D eigenvalue weighted by atomic mass is 9.89. The summed E-state index contributed by atoms with van der Waals surface area (Å²) in [7, 11) is 3.48. The van der Waals surface area contributed by atoms with Gasteiger partial charge in [-0.1, -0.05) is 42.5 Å². The number of allylic oxidation sites excluding steroid dienone is 1. The molecule has 3 aromatic rings. The van der Waals surface area contributed by atoms with Crippen LogP contribution in [0.3, 0.4) is 0 Å². The van der Waals surface area contributed by atoms with E-state index in [1.54, 1.807) is 37.2 Å². The molecule has 3 aliphatic rings. The highest BCUT2D eigenvalue weighted by molar-refractivity contribution is 6.16. The van der Waals surface area contributed by atoms with Crippen LogP contribution in [0.2, 0.25) is 0 Å². The minimum atomic E-state index is -0.527. The molecule has 3 aliphatic heterocycles. The molecule has 0 aliphatic carbocycles. The number of dihydropyridines is 1. The molecule has 0 saturated carbocycles. The Morgan fingerprint density at radius 1 is 0.923 bits per heavy atom. The molecular weight excluding hydrogens is 488 g/mol. The third kappa shape index (κ3) is 4.95. The first-order valence-corrected chi connectivity index (χ1v) is 13.0. The predicted octanol–water partition coefficient (Wildman–Crippen LogP) is 3.97. The van der Waals surface area contributed by atoms with Crippen LogP contribution >= 0.6 is 0 Å². The van der Waals surface area contributed by atoms with E-state index in [9.17, 15) is 14.4 Å². The Kier molecular flexibility index (Phi) is 6.27. The number of hydrogen-bond acceptors (Lipinski definition) is 5. The van der Waals surface area contributed by atoms with Crippen molar-refractivity contribution in [2.75, 3.05) is 14.1 Å². The Morgan fingerprint density at radius 2 is 1.67 bits per heavy atom. The molecule has 7 heteroatoms. The smallest absolute Gasteiger partial charge is 0.256 e. The minimum absolute atomic E-state index is 0.0174. The fourth-order valence-corrected chi connectivity index (χ4v) is 5.31. The number of likely N-dealkylation sites (N-methyl/N-ethyl adjacent to an activating group) is 1. The normalized spacial score (nSPS) is 19.5. The van der Waals surface area contributed by atoms with Gasteiger partial charge in [-0.2, -0.15) is 0 Å². The highest BCUT2D eigenvalue weighted by Crippen LogP contribution is 2.38. The number of ketones is 1. The standard InChI is InChI=1S/C32H28N4O3/c1-36(2)30(38)18-21-9-10-24-25-15-19-5-3-7-22(13-19)26-11-12-29(37)28(33-26)17-20-6-4-8-23(14-20)32(39)35-31(25)34-27(24)16-21/h3-14,16,25,28H,15,17-18H2,1-2H3,(H,34,35,39). The summed E-state index contributed by atoms with van der Waals surface area (Å²) < 4.78 is 0. The molecule has 2 amide bonds. The van der Waals surface area contributed by atoms with Gasteiger partial charge in [-0.3, -0.25) is 19.4 Å². The van der Waals surface area contributed by atoms with Crippen LogP contribution in [0.15, 0.2) is 88.9 Å². The van der Waals surface area contributed by atoms with Crippen LogP contribution in [0.25, 0.3) is 0 Å². The van der Waals surface area contributed by atoms with Crippen LogP contribution in [0.4, 0.5) is 5.69 Å². The maximum Gasteiger partial charge on any atom is 0.256 e.